The highest BCUT2D eigenvalue weighted by molar-refractivity contribution is 9.10. The summed E-state index contributed by atoms with van der Waals surface area (Å²) in [4.78, 5) is 0. The van der Waals surface area contributed by atoms with Gasteiger partial charge in [-0.15, -0.1) is 0 Å². The standard InChI is InChI=1S/C13H18BrNO/c1-8-7-11(16)12(9(2)13(8)14)10-3-5-15-6-4-10/h7,10,15-16H,3-6H2,1-2H3. The maximum absolute atomic E-state index is 10.1. The Bertz CT molecular complexity index is 397. The quantitative estimate of drug-likeness (QED) is 0.829. The third-order valence-corrected chi connectivity index (χ3v) is 4.68. The average molecular weight is 284 g/mol. The second kappa shape index (κ2) is 4.76. The zero-order valence-corrected chi connectivity index (χ0v) is 11.4. The van der Waals surface area contributed by atoms with Crippen molar-refractivity contribution in [1.82, 2.24) is 5.32 Å². The van der Waals surface area contributed by atoms with Crippen molar-refractivity contribution in [1.29, 1.82) is 0 Å². The van der Waals surface area contributed by atoms with Gasteiger partial charge in [0.15, 0.2) is 0 Å². The van der Waals surface area contributed by atoms with Crippen LogP contribution in [0.4, 0.5) is 0 Å². The maximum Gasteiger partial charge on any atom is 0.119 e. The Balaban J connectivity index is 2.42. The van der Waals surface area contributed by atoms with Gasteiger partial charge in [0.1, 0.15) is 5.75 Å². The minimum Gasteiger partial charge on any atom is -0.508 e. The predicted octanol–water partition coefficient (Wildman–Crippen LogP) is 3.24. The maximum atomic E-state index is 10.1. The van der Waals surface area contributed by atoms with E-state index in [0.29, 0.717) is 11.7 Å². The summed E-state index contributed by atoms with van der Waals surface area (Å²) in [5.41, 5.74) is 3.44. The molecule has 2 rings (SSSR count). The van der Waals surface area contributed by atoms with Gasteiger partial charge in [0.2, 0.25) is 0 Å². The summed E-state index contributed by atoms with van der Waals surface area (Å²) in [6.45, 7) is 6.21. The molecular weight excluding hydrogens is 266 g/mol. The molecule has 1 fully saturated rings. The summed E-state index contributed by atoms with van der Waals surface area (Å²) in [7, 11) is 0. The van der Waals surface area contributed by atoms with Crippen molar-refractivity contribution in [3.05, 3.63) is 27.2 Å². The van der Waals surface area contributed by atoms with Gasteiger partial charge in [-0.1, -0.05) is 15.9 Å². The van der Waals surface area contributed by atoms with E-state index in [1.807, 2.05) is 13.0 Å². The van der Waals surface area contributed by atoms with Gasteiger partial charge in [-0.3, -0.25) is 0 Å². The minimum absolute atomic E-state index is 0.463. The predicted molar refractivity (Wildman–Crippen MR) is 70.1 cm³/mol. The average Bonchev–Trinajstić information content (AvgIpc) is 2.28. The van der Waals surface area contributed by atoms with Crippen LogP contribution in [0.25, 0.3) is 0 Å². The molecule has 0 aromatic heterocycles. The first-order chi connectivity index (χ1) is 7.61. The van der Waals surface area contributed by atoms with Crippen molar-refractivity contribution >= 4 is 15.9 Å². The number of phenolic OH excluding ortho intramolecular Hbond substituents is 1. The Kier molecular flexibility index (Phi) is 3.55. The number of aryl methyl sites for hydroxylation is 1. The first kappa shape index (κ1) is 11.9. The number of phenols is 1. The van der Waals surface area contributed by atoms with Gasteiger partial charge in [-0.05, 0) is 62.9 Å². The molecule has 1 heterocycles. The Labute approximate surface area is 105 Å². The SMILES string of the molecule is Cc1cc(O)c(C2CCNCC2)c(C)c1Br. The fourth-order valence-electron chi connectivity index (χ4n) is 2.58. The molecule has 0 amide bonds. The van der Waals surface area contributed by atoms with E-state index in [-0.39, 0.29) is 0 Å². The first-order valence-electron chi connectivity index (χ1n) is 5.80. The summed E-state index contributed by atoms with van der Waals surface area (Å²) in [5, 5.41) is 13.5. The molecule has 0 spiro atoms. The molecule has 1 aliphatic heterocycles. The van der Waals surface area contributed by atoms with Crippen LogP contribution in [0.3, 0.4) is 0 Å². The van der Waals surface area contributed by atoms with Gasteiger partial charge >= 0.3 is 0 Å². The van der Waals surface area contributed by atoms with Crippen molar-refractivity contribution in [3.63, 3.8) is 0 Å². The fraction of sp³-hybridized carbons (Fsp3) is 0.538. The molecule has 16 heavy (non-hydrogen) atoms. The van der Waals surface area contributed by atoms with E-state index < -0.39 is 0 Å². The molecule has 3 heteroatoms. The zero-order chi connectivity index (χ0) is 11.7. The highest BCUT2D eigenvalue weighted by Crippen LogP contribution is 2.39. The highest BCUT2D eigenvalue weighted by atomic mass is 79.9. The molecule has 1 aromatic rings. The van der Waals surface area contributed by atoms with Crippen molar-refractivity contribution < 1.29 is 5.11 Å². The Morgan fingerprint density at radius 3 is 2.56 bits per heavy atom. The molecule has 0 saturated carbocycles. The monoisotopic (exact) mass is 283 g/mol. The Hall–Kier alpha value is -0.540. The van der Waals surface area contributed by atoms with Gasteiger partial charge in [-0.25, -0.2) is 0 Å². The van der Waals surface area contributed by atoms with Crippen LogP contribution in [0.1, 0.15) is 35.4 Å². The Morgan fingerprint density at radius 1 is 1.31 bits per heavy atom. The van der Waals surface area contributed by atoms with Crippen LogP contribution in [-0.2, 0) is 0 Å². The van der Waals surface area contributed by atoms with E-state index >= 15 is 0 Å². The van der Waals surface area contributed by atoms with E-state index in [9.17, 15) is 5.11 Å². The van der Waals surface area contributed by atoms with Gasteiger partial charge in [-0.2, -0.15) is 0 Å². The largest absolute Gasteiger partial charge is 0.508 e. The van der Waals surface area contributed by atoms with Crippen LogP contribution in [0.5, 0.6) is 5.75 Å². The molecule has 1 saturated heterocycles. The second-order valence-corrected chi connectivity index (χ2v) is 5.38. The molecule has 0 aliphatic carbocycles. The molecule has 0 radical (unpaired) electrons. The number of hydrogen-bond acceptors (Lipinski definition) is 2. The van der Waals surface area contributed by atoms with Gasteiger partial charge < -0.3 is 10.4 Å². The molecule has 2 N–H and O–H groups in total. The van der Waals surface area contributed by atoms with Crippen molar-refractivity contribution in [2.45, 2.75) is 32.6 Å². The number of hydrogen-bond donors (Lipinski definition) is 2. The van der Waals surface area contributed by atoms with Gasteiger partial charge in [0.25, 0.3) is 0 Å². The van der Waals surface area contributed by atoms with Crippen molar-refractivity contribution in [2.75, 3.05) is 13.1 Å². The topological polar surface area (TPSA) is 32.3 Å². The summed E-state index contributed by atoms with van der Waals surface area (Å²) in [6, 6.07) is 1.87. The fourth-order valence-corrected chi connectivity index (χ4v) is 2.91. The number of nitrogens with one attached hydrogen (secondary N) is 1. The molecule has 0 atom stereocenters. The van der Waals surface area contributed by atoms with E-state index in [2.05, 4.69) is 28.2 Å². The van der Waals surface area contributed by atoms with Gasteiger partial charge in [0, 0.05) is 10.0 Å². The summed E-state index contributed by atoms with van der Waals surface area (Å²) < 4.78 is 1.14. The van der Waals surface area contributed by atoms with Crippen LogP contribution in [-0.4, -0.2) is 18.2 Å². The molecule has 1 aliphatic rings. The van der Waals surface area contributed by atoms with Gasteiger partial charge in [0.05, 0.1) is 0 Å². The zero-order valence-electron chi connectivity index (χ0n) is 9.81. The van der Waals surface area contributed by atoms with E-state index in [4.69, 9.17) is 0 Å². The number of halogens is 1. The lowest BCUT2D eigenvalue weighted by Crippen LogP contribution is -2.27. The van der Waals surface area contributed by atoms with Crippen molar-refractivity contribution in [2.24, 2.45) is 0 Å². The molecule has 2 nitrogen and oxygen atoms in total. The van der Waals surface area contributed by atoms with E-state index in [1.54, 1.807) is 0 Å². The molecule has 88 valence electrons. The summed E-state index contributed by atoms with van der Waals surface area (Å²) in [6.07, 6.45) is 2.23. The molecular formula is C13H18BrNO. The molecule has 0 unspecified atom stereocenters. The van der Waals surface area contributed by atoms with Crippen molar-refractivity contribution in [3.8, 4) is 5.75 Å². The number of benzene rings is 1. The first-order valence-corrected chi connectivity index (χ1v) is 6.60. The van der Waals surface area contributed by atoms with E-state index in [0.717, 1.165) is 41.5 Å². The summed E-state index contributed by atoms with van der Waals surface area (Å²) in [5.74, 6) is 0.961. The van der Waals surface area contributed by atoms with Crippen LogP contribution in [0.15, 0.2) is 10.5 Å². The number of aromatic hydroxyl groups is 1. The minimum atomic E-state index is 0.463. The normalized spacial score (nSPS) is 17.7. The third kappa shape index (κ3) is 2.11. The third-order valence-electron chi connectivity index (χ3n) is 3.46. The lowest BCUT2D eigenvalue weighted by molar-refractivity contribution is 0.422. The number of rotatable bonds is 1. The second-order valence-electron chi connectivity index (χ2n) is 4.59. The van der Waals surface area contributed by atoms with Crippen LogP contribution >= 0.6 is 15.9 Å². The molecule has 1 aromatic carbocycles. The number of piperidine rings is 1. The van der Waals surface area contributed by atoms with E-state index in [1.165, 1.54) is 5.56 Å². The van der Waals surface area contributed by atoms with Crippen LogP contribution < -0.4 is 5.32 Å². The lowest BCUT2D eigenvalue weighted by Gasteiger charge is -2.26. The van der Waals surface area contributed by atoms with Crippen LogP contribution in [0.2, 0.25) is 0 Å². The Morgan fingerprint density at radius 2 is 1.94 bits per heavy atom. The smallest absolute Gasteiger partial charge is 0.119 e. The lowest BCUT2D eigenvalue weighted by atomic mass is 9.86. The van der Waals surface area contributed by atoms with Crippen LogP contribution in [0, 0.1) is 13.8 Å². The molecule has 0 bridgehead atoms. The summed E-state index contributed by atoms with van der Waals surface area (Å²) >= 11 is 3.60. The highest BCUT2D eigenvalue weighted by Gasteiger charge is 2.22.